The van der Waals surface area contributed by atoms with Gasteiger partial charge in [0.25, 0.3) is 10.0 Å². The van der Waals surface area contributed by atoms with Crippen molar-refractivity contribution in [3.63, 3.8) is 0 Å². The maximum absolute atomic E-state index is 13.1. The molecular weight excluding hydrogens is 436 g/mol. The summed E-state index contributed by atoms with van der Waals surface area (Å²) in [5.74, 6) is 0.478. The van der Waals surface area contributed by atoms with Crippen LogP contribution in [0.5, 0.6) is 0 Å². The molecule has 0 unspecified atom stereocenters. The minimum Gasteiger partial charge on any atom is -0.368 e. The zero-order valence-electron chi connectivity index (χ0n) is 19.8. The SMILES string of the molecule is Cc1ccc(C)c(N2CCN(C(=O)CC(C)(C)CC3=NS(=O)(=O)c4ccccc4N3)CC2)c1. The summed E-state index contributed by atoms with van der Waals surface area (Å²) in [7, 11) is -3.73. The molecule has 0 spiro atoms. The van der Waals surface area contributed by atoms with Crippen LogP contribution >= 0.6 is 0 Å². The summed E-state index contributed by atoms with van der Waals surface area (Å²) in [4.78, 5) is 17.5. The monoisotopic (exact) mass is 468 g/mol. The van der Waals surface area contributed by atoms with E-state index in [1.165, 1.54) is 16.8 Å². The van der Waals surface area contributed by atoms with E-state index >= 15 is 0 Å². The summed E-state index contributed by atoms with van der Waals surface area (Å²) in [5, 5.41) is 3.13. The molecule has 2 aromatic carbocycles. The molecule has 0 saturated carbocycles. The molecule has 2 aliphatic heterocycles. The Hall–Kier alpha value is -2.87. The van der Waals surface area contributed by atoms with Gasteiger partial charge in [0.1, 0.15) is 10.7 Å². The number of piperazine rings is 1. The highest BCUT2D eigenvalue weighted by molar-refractivity contribution is 7.90. The minimum atomic E-state index is -3.73. The summed E-state index contributed by atoms with van der Waals surface area (Å²) >= 11 is 0. The van der Waals surface area contributed by atoms with E-state index < -0.39 is 15.4 Å². The molecule has 1 fully saturated rings. The van der Waals surface area contributed by atoms with Crippen LogP contribution in [0.1, 0.15) is 37.8 Å². The zero-order valence-corrected chi connectivity index (χ0v) is 20.6. The Morgan fingerprint density at radius 1 is 1.06 bits per heavy atom. The van der Waals surface area contributed by atoms with E-state index in [2.05, 4.69) is 46.7 Å². The predicted octanol–water partition coefficient (Wildman–Crippen LogP) is 3.97. The van der Waals surface area contributed by atoms with E-state index in [9.17, 15) is 13.2 Å². The molecule has 2 aliphatic rings. The smallest absolute Gasteiger partial charge is 0.286 e. The fraction of sp³-hybridized carbons (Fsp3) is 0.440. The van der Waals surface area contributed by atoms with Gasteiger partial charge in [0.05, 0.1) is 5.69 Å². The van der Waals surface area contributed by atoms with Crippen molar-refractivity contribution in [1.82, 2.24) is 4.90 Å². The number of para-hydroxylation sites is 1. The van der Waals surface area contributed by atoms with Gasteiger partial charge >= 0.3 is 0 Å². The lowest BCUT2D eigenvalue weighted by Crippen LogP contribution is -2.49. The Labute approximate surface area is 196 Å². The molecule has 2 heterocycles. The number of carbonyl (C=O) groups excluding carboxylic acids is 1. The number of fused-ring (bicyclic) bond motifs is 1. The number of anilines is 2. The van der Waals surface area contributed by atoms with Crippen LogP contribution in [0.3, 0.4) is 0 Å². The molecule has 0 radical (unpaired) electrons. The molecule has 2 aromatic rings. The molecule has 1 saturated heterocycles. The highest BCUT2D eigenvalue weighted by Crippen LogP contribution is 2.32. The first kappa shape index (κ1) is 23.3. The third kappa shape index (κ3) is 5.21. The molecule has 0 aliphatic carbocycles. The van der Waals surface area contributed by atoms with Crippen molar-refractivity contribution in [3.8, 4) is 0 Å². The lowest BCUT2D eigenvalue weighted by molar-refractivity contribution is -0.133. The Morgan fingerprint density at radius 2 is 1.76 bits per heavy atom. The summed E-state index contributed by atoms with van der Waals surface area (Å²) < 4.78 is 29.0. The number of hydrogen-bond donors (Lipinski definition) is 1. The van der Waals surface area contributed by atoms with Crippen molar-refractivity contribution < 1.29 is 13.2 Å². The van der Waals surface area contributed by atoms with Gasteiger partial charge in [0.15, 0.2) is 0 Å². The maximum Gasteiger partial charge on any atom is 0.286 e. The summed E-state index contributed by atoms with van der Waals surface area (Å²) in [5.41, 5.74) is 3.82. The third-order valence-corrected chi connectivity index (χ3v) is 7.66. The highest BCUT2D eigenvalue weighted by Gasteiger charge is 2.32. The van der Waals surface area contributed by atoms with Gasteiger partial charge in [-0.25, -0.2) is 0 Å². The highest BCUT2D eigenvalue weighted by atomic mass is 32.2. The fourth-order valence-electron chi connectivity index (χ4n) is 4.54. The van der Waals surface area contributed by atoms with Crippen molar-refractivity contribution in [2.24, 2.45) is 9.81 Å². The van der Waals surface area contributed by atoms with Gasteiger partial charge in [-0.3, -0.25) is 4.79 Å². The van der Waals surface area contributed by atoms with Gasteiger partial charge in [0, 0.05) is 44.7 Å². The van der Waals surface area contributed by atoms with Gasteiger partial charge in [-0.05, 0) is 48.6 Å². The van der Waals surface area contributed by atoms with Crippen LogP contribution in [0.4, 0.5) is 11.4 Å². The van der Waals surface area contributed by atoms with E-state index in [4.69, 9.17) is 0 Å². The second kappa shape index (κ2) is 8.82. The average molecular weight is 469 g/mol. The number of benzene rings is 2. The van der Waals surface area contributed by atoms with Crippen LogP contribution in [0.25, 0.3) is 0 Å². The van der Waals surface area contributed by atoms with Crippen LogP contribution in [-0.2, 0) is 14.8 Å². The lowest BCUT2D eigenvalue weighted by atomic mass is 9.84. The van der Waals surface area contributed by atoms with Crippen LogP contribution in [-0.4, -0.2) is 51.2 Å². The molecule has 176 valence electrons. The van der Waals surface area contributed by atoms with Crippen molar-refractivity contribution in [2.45, 2.75) is 45.4 Å². The first-order valence-corrected chi connectivity index (χ1v) is 12.8. The predicted molar refractivity (Wildman–Crippen MR) is 132 cm³/mol. The first-order chi connectivity index (χ1) is 15.5. The van der Waals surface area contributed by atoms with E-state index in [-0.39, 0.29) is 10.8 Å². The van der Waals surface area contributed by atoms with Gasteiger partial charge in [0.2, 0.25) is 5.91 Å². The number of amidine groups is 1. The Morgan fingerprint density at radius 3 is 2.48 bits per heavy atom. The Balaban J connectivity index is 1.37. The number of nitrogens with one attached hydrogen (secondary N) is 1. The van der Waals surface area contributed by atoms with E-state index in [1.807, 2.05) is 18.7 Å². The lowest BCUT2D eigenvalue weighted by Gasteiger charge is -2.38. The van der Waals surface area contributed by atoms with Gasteiger partial charge in [-0.2, -0.15) is 8.42 Å². The fourth-order valence-corrected chi connectivity index (χ4v) is 5.68. The molecule has 8 heteroatoms. The molecule has 7 nitrogen and oxygen atoms in total. The molecule has 0 bridgehead atoms. The number of rotatable bonds is 5. The molecule has 0 aromatic heterocycles. The maximum atomic E-state index is 13.1. The number of carbonyl (C=O) groups is 1. The van der Waals surface area contributed by atoms with E-state index in [0.717, 1.165) is 13.1 Å². The van der Waals surface area contributed by atoms with Crippen LogP contribution in [0.15, 0.2) is 51.8 Å². The second-order valence-corrected chi connectivity index (χ2v) is 11.4. The molecule has 1 N–H and O–H groups in total. The minimum absolute atomic E-state index is 0.0975. The molecule has 4 rings (SSSR count). The van der Waals surface area contributed by atoms with Gasteiger partial charge in [-0.15, -0.1) is 4.40 Å². The summed E-state index contributed by atoms with van der Waals surface area (Å²) in [6, 6.07) is 13.2. The normalized spacial score (nSPS) is 17.8. The number of hydrogen-bond acceptors (Lipinski definition) is 5. The summed E-state index contributed by atoms with van der Waals surface area (Å²) in [6.07, 6.45) is 0.702. The molecule has 33 heavy (non-hydrogen) atoms. The van der Waals surface area contributed by atoms with Gasteiger partial charge in [-0.1, -0.05) is 38.1 Å². The van der Waals surface area contributed by atoms with Crippen molar-refractivity contribution >= 4 is 33.1 Å². The van der Waals surface area contributed by atoms with E-state index in [1.54, 1.807) is 24.3 Å². The molecule has 1 amide bonds. The Kier molecular flexibility index (Phi) is 6.22. The topological polar surface area (TPSA) is 82.1 Å². The van der Waals surface area contributed by atoms with Crippen LogP contribution in [0.2, 0.25) is 0 Å². The van der Waals surface area contributed by atoms with Crippen molar-refractivity contribution in [2.75, 3.05) is 36.4 Å². The second-order valence-electron chi connectivity index (χ2n) is 9.81. The average Bonchev–Trinajstić information content (AvgIpc) is 2.74. The molecular formula is C25H32N4O3S. The quantitative estimate of drug-likeness (QED) is 0.718. The largest absolute Gasteiger partial charge is 0.368 e. The van der Waals surface area contributed by atoms with E-state index in [0.29, 0.717) is 37.5 Å². The van der Waals surface area contributed by atoms with Crippen LogP contribution < -0.4 is 10.2 Å². The summed E-state index contributed by atoms with van der Waals surface area (Å²) in [6.45, 7) is 11.2. The van der Waals surface area contributed by atoms with Crippen molar-refractivity contribution in [1.29, 1.82) is 0 Å². The molecule has 0 atom stereocenters. The third-order valence-electron chi connectivity index (χ3n) is 6.29. The number of nitrogens with zero attached hydrogens (tertiary/aromatic N) is 3. The Bertz CT molecular complexity index is 1200. The first-order valence-electron chi connectivity index (χ1n) is 11.3. The number of amides is 1. The van der Waals surface area contributed by atoms with Crippen molar-refractivity contribution in [3.05, 3.63) is 53.6 Å². The van der Waals surface area contributed by atoms with Gasteiger partial charge < -0.3 is 15.1 Å². The standard InChI is InChI=1S/C25H32N4O3S/c1-18-9-10-19(2)21(15-18)28-11-13-29(14-12-28)24(30)17-25(3,4)16-23-26-20-7-5-6-8-22(20)33(31,32)27-23/h5-10,15H,11-14,16-17H2,1-4H3,(H,26,27). The number of aryl methyl sites for hydroxylation is 2. The zero-order chi connectivity index (χ0) is 23.8. The van der Waals surface area contributed by atoms with Crippen LogP contribution in [0, 0.1) is 19.3 Å². The number of sulfonamides is 1.